The van der Waals surface area contributed by atoms with Crippen LogP contribution in [0.3, 0.4) is 0 Å². The van der Waals surface area contributed by atoms with Gasteiger partial charge in [-0.15, -0.1) is 0 Å². The fraction of sp³-hybridized carbons (Fsp3) is 0.533. The Kier molecular flexibility index (Phi) is 2.78. The molecule has 1 atom stereocenters. The molecule has 2 aromatic rings. The molecule has 1 fully saturated rings. The fourth-order valence-electron chi connectivity index (χ4n) is 3.41. The summed E-state index contributed by atoms with van der Waals surface area (Å²) < 4.78 is 2.22. The van der Waals surface area contributed by atoms with Gasteiger partial charge in [0.1, 0.15) is 12.4 Å². The molecular formula is C15H21N3O. The Balaban J connectivity index is 2.21. The van der Waals surface area contributed by atoms with Crippen LogP contribution in [0.25, 0.3) is 11.0 Å². The molecular weight excluding hydrogens is 238 g/mol. The highest BCUT2D eigenvalue weighted by Gasteiger charge is 2.37. The Bertz CT molecular complexity index is 615. The van der Waals surface area contributed by atoms with Gasteiger partial charge in [0, 0.05) is 11.7 Å². The second kappa shape index (κ2) is 4.23. The Morgan fingerprint density at radius 3 is 2.89 bits per heavy atom. The number of fused-ring (bicyclic) bond motifs is 1. The molecule has 1 saturated carbocycles. The third-order valence-electron chi connectivity index (χ3n) is 4.44. The molecule has 1 aliphatic carbocycles. The number of hydrogen-bond acceptors (Lipinski definition) is 3. The van der Waals surface area contributed by atoms with Crippen LogP contribution in [0.4, 0.5) is 5.69 Å². The van der Waals surface area contributed by atoms with Crippen molar-refractivity contribution in [1.29, 1.82) is 0 Å². The van der Waals surface area contributed by atoms with E-state index in [1.165, 1.54) is 12.8 Å². The van der Waals surface area contributed by atoms with E-state index in [2.05, 4.69) is 23.4 Å². The van der Waals surface area contributed by atoms with E-state index in [4.69, 9.17) is 5.73 Å². The molecule has 1 aromatic heterocycles. The summed E-state index contributed by atoms with van der Waals surface area (Å²) in [5, 5.41) is 9.60. The molecule has 19 heavy (non-hydrogen) atoms. The standard InChI is InChI=1S/C15H21N3O/c1-15(2)7-3-4-13(15)18-12-6-5-10(16)8-11(12)17-14(18)9-19/h5-6,8,13,19H,3-4,7,9,16H2,1-2H3. The Morgan fingerprint density at radius 1 is 1.47 bits per heavy atom. The predicted octanol–water partition coefficient (Wildman–Crippen LogP) is 2.86. The second-order valence-corrected chi connectivity index (χ2v) is 6.20. The number of benzene rings is 1. The highest BCUT2D eigenvalue weighted by molar-refractivity contribution is 5.79. The molecule has 0 amide bonds. The molecule has 0 saturated heterocycles. The van der Waals surface area contributed by atoms with Gasteiger partial charge in [0.15, 0.2) is 0 Å². The third kappa shape index (κ3) is 1.91. The molecule has 3 rings (SSSR count). The summed E-state index contributed by atoms with van der Waals surface area (Å²) in [6.07, 6.45) is 3.60. The summed E-state index contributed by atoms with van der Waals surface area (Å²) in [7, 11) is 0. The number of nitrogens with two attached hydrogens (primary N) is 1. The summed E-state index contributed by atoms with van der Waals surface area (Å²) in [6, 6.07) is 6.21. The van der Waals surface area contributed by atoms with Gasteiger partial charge in [-0.05, 0) is 36.5 Å². The van der Waals surface area contributed by atoms with Gasteiger partial charge >= 0.3 is 0 Å². The van der Waals surface area contributed by atoms with E-state index < -0.39 is 0 Å². The van der Waals surface area contributed by atoms with Gasteiger partial charge in [0.2, 0.25) is 0 Å². The summed E-state index contributed by atoms with van der Waals surface area (Å²) in [4.78, 5) is 4.54. The first-order chi connectivity index (χ1) is 9.03. The Morgan fingerprint density at radius 2 is 2.26 bits per heavy atom. The molecule has 3 N–H and O–H groups in total. The lowest BCUT2D eigenvalue weighted by molar-refractivity contribution is 0.227. The second-order valence-electron chi connectivity index (χ2n) is 6.20. The topological polar surface area (TPSA) is 64.1 Å². The molecule has 0 bridgehead atoms. The van der Waals surface area contributed by atoms with Crippen LogP contribution < -0.4 is 5.73 Å². The third-order valence-corrected chi connectivity index (χ3v) is 4.44. The van der Waals surface area contributed by atoms with Crippen molar-refractivity contribution in [3.8, 4) is 0 Å². The summed E-state index contributed by atoms with van der Waals surface area (Å²) in [5.74, 6) is 0.751. The zero-order chi connectivity index (χ0) is 13.6. The van der Waals surface area contributed by atoms with Crippen molar-refractivity contribution in [3.05, 3.63) is 24.0 Å². The first-order valence-electron chi connectivity index (χ1n) is 6.90. The summed E-state index contributed by atoms with van der Waals surface area (Å²) in [6.45, 7) is 4.57. The minimum absolute atomic E-state index is 0.0266. The van der Waals surface area contributed by atoms with E-state index in [-0.39, 0.29) is 12.0 Å². The number of hydrogen-bond donors (Lipinski definition) is 2. The quantitative estimate of drug-likeness (QED) is 0.815. The number of nitrogen functional groups attached to an aromatic ring is 1. The van der Waals surface area contributed by atoms with E-state index in [1.807, 2.05) is 18.2 Å². The van der Waals surface area contributed by atoms with Crippen LogP contribution in [0.5, 0.6) is 0 Å². The average molecular weight is 259 g/mol. The van der Waals surface area contributed by atoms with Gasteiger partial charge < -0.3 is 15.4 Å². The maximum Gasteiger partial charge on any atom is 0.135 e. The van der Waals surface area contributed by atoms with Gasteiger partial charge in [0.25, 0.3) is 0 Å². The van der Waals surface area contributed by atoms with Gasteiger partial charge in [-0.1, -0.05) is 20.3 Å². The molecule has 1 aromatic carbocycles. The van der Waals surface area contributed by atoms with E-state index in [0.29, 0.717) is 11.7 Å². The highest BCUT2D eigenvalue weighted by Crippen LogP contribution is 2.47. The average Bonchev–Trinajstić information content (AvgIpc) is 2.87. The number of nitrogens with zero attached hydrogens (tertiary/aromatic N) is 2. The number of aromatic nitrogens is 2. The zero-order valence-corrected chi connectivity index (χ0v) is 11.6. The smallest absolute Gasteiger partial charge is 0.135 e. The van der Waals surface area contributed by atoms with E-state index in [1.54, 1.807) is 0 Å². The number of anilines is 1. The van der Waals surface area contributed by atoms with Crippen molar-refractivity contribution in [3.63, 3.8) is 0 Å². The lowest BCUT2D eigenvalue weighted by atomic mass is 9.87. The Labute approximate surface area is 113 Å². The van der Waals surface area contributed by atoms with Crippen LogP contribution in [0.15, 0.2) is 18.2 Å². The molecule has 102 valence electrons. The fourth-order valence-corrected chi connectivity index (χ4v) is 3.41. The van der Waals surface area contributed by atoms with Gasteiger partial charge in [-0.3, -0.25) is 0 Å². The van der Waals surface area contributed by atoms with Gasteiger partial charge in [0.05, 0.1) is 11.0 Å². The maximum absolute atomic E-state index is 9.60. The molecule has 4 heteroatoms. The molecule has 1 unspecified atom stereocenters. The number of aliphatic hydroxyl groups is 1. The number of rotatable bonds is 2. The number of aliphatic hydroxyl groups excluding tert-OH is 1. The molecule has 0 spiro atoms. The van der Waals surface area contributed by atoms with E-state index in [0.717, 1.165) is 23.3 Å². The van der Waals surface area contributed by atoms with Crippen LogP contribution >= 0.6 is 0 Å². The molecule has 4 nitrogen and oxygen atoms in total. The van der Waals surface area contributed by atoms with E-state index in [9.17, 15) is 5.11 Å². The first-order valence-corrected chi connectivity index (χ1v) is 6.90. The minimum atomic E-state index is -0.0266. The summed E-state index contributed by atoms with van der Waals surface area (Å²) >= 11 is 0. The summed E-state index contributed by atoms with van der Waals surface area (Å²) in [5.41, 5.74) is 8.75. The zero-order valence-electron chi connectivity index (χ0n) is 11.6. The SMILES string of the molecule is CC1(C)CCCC1n1c(CO)nc2cc(N)ccc21. The lowest BCUT2D eigenvalue weighted by Crippen LogP contribution is -2.23. The molecule has 1 heterocycles. The highest BCUT2D eigenvalue weighted by atomic mass is 16.3. The van der Waals surface area contributed by atoms with Crippen molar-refractivity contribution in [2.45, 2.75) is 45.8 Å². The van der Waals surface area contributed by atoms with Crippen LogP contribution in [0.1, 0.15) is 45.0 Å². The molecule has 0 radical (unpaired) electrons. The van der Waals surface area contributed by atoms with Gasteiger partial charge in [-0.2, -0.15) is 0 Å². The predicted molar refractivity (Wildman–Crippen MR) is 76.7 cm³/mol. The normalized spacial score (nSPS) is 22.2. The van der Waals surface area contributed by atoms with Crippen molar-refractivity contribution in [2.24, 2.45) is 5.41 Å². The molecule has 1 aliphatic rings. The lowest BCUT2D eigenvalue weighted by Gasteiger charge is -2.30. The van der Waals surface area contributed by atoms with Crippen LogP contribution in [0.2, 0.25) is 0 Å². The van der Waals surface area contributed by atoms with Crippen LogP contribution in [-0.4, -0.2) is 14.7 Å². The van der Waals surface area contributed by atoms with E-state index >= 15 is 0 Å². The van der Waals surface area contributed by atoms with Crippen molar-refractivity contribution >= 4 is 16.7 Å². The maximum atomic E-state index is 9.60. The first kappa shape index (κ1) is 12.5. The van der Waals surface area contributed by atoms with Crippen molar-refractivity contribution in [2.75, 3.05) is 5.73 Å². The molecule has 0 aliphatic heterocycles. The Hall–Kier alpha value is -1.55. The minimum Gasteiger partial charge on any atom is -0.399 e. The van der Waals surface area contributed by atoms with Crippen LogP contribution in [0, 0.1) is 5.41 Å². The number of imidazole rings is 1. The largest absolute Gasteiger partial charge is 0.399 e. The van der Waals surface area contributed by atoms with Crippen molar-refractivity contribution < 1.29 is 5.11 Å². The van der Waals surface area contributed by atoms with Crippen molar-refractivity contribution in [1.82, 2.24) is 9.55 Å². The van der Waals surface area contributed by atoms with Gasteiger partial charge in [-0.25, -0.2) is 4.98 Å². The van der Waals surface area contributed by atoms with Crippen LogP contribution in [-0.2, 0) is 6.61 Å². The monoisotopic (exact) mass is 259 g/mol.